The van der Waals surface area contributed by atoms with Crippen LogP contribution in [0.2, 0.25) is 10.0 Å². The lowest BCUT2D eigenvalue weighted by molar-refractivity contribution is -0.143. The second-order valence-corrected chi connectivity index (χ2v) is 8.44. The molecule has 1 atom stereocenters. The highest BCUT2D eigenvalue weighted by molar-refractivity contribution is 6.42. The summed E-state index contributed by atoms with van der Waals surface area (Å²) in [5.41, 5.74) is 1.99. The zero-order valence-corrected chi connectivity index (χ0v) is 20.5. The van der Waals surface area contributed by atoms with Crippen molar-refractivity contribution in [1.29, 1.82) is 0 Å². The third kappa shape index (κ3) is 7.72. The van der Waals surface area contributed by atoms with Gasteiger partial charge in [-0.05, 0) is 54.7 Å². The van der Waals surface area contributed by atoms with E-state index in [1.54, 1.807) is 23.1 Å². The lowest BCUT2D eigenvalue weighted by Gasteiger charge is -2.30. The van der Waals surface area contributed by atoms with Gasteiger partial charge in [-0.15, -0.1) is 0 Å². The molecule has 0 aromatic heterocycles. The Hall–Kier alpha value is -2.24. The Morgan fingerprint density at radius 1 is 1.00 bits per heavy atom. The average molecular weight is 479 g/mol. The van der Waals surface area contributed by atoms with Crippen LogP contribution in [0.1, 0.15) is 51.2 Å². The monoisotopic (exact) mass is 478 g/mol. The summed E-state index contributed by atoms with van der Waals surface area (Å²) in [5.74, 6) is 0.181. The van der Waals surface area contributed by atoms with Gasteiger partial charge >= 0.3 is 0 Å². The number of ether oxygens (including phenoxy) is 1. The third-order valence-corrected chi connectivity index (χ3v) is 5.99. The van der Waals surface area contributed by atoms with E-state index >= 15 is 0 Å². The van der Waals surface area contributed by atoms with Crippen molar-refractivity contribution in [3.63, 3.8) is 0 Å². The lowest BCUT2D eigenvalue weighted by Crippen LogP contribution is -2.50. The molecule has 0 radical (unpaired) electrons. The standard InChI is InChI=1S/C25H32Cl2N2O3/c1-4-7-14-28-25(31)23(6-3)29(16-19-10-13-21(26)22(27)15-19)24(30)17-32-20-11-8-18(5-2)9-12-20/h8-13,15,23H,4-7,14,16-17H2,1-3H3,(H,28,31)/t23-/m0/s1. The van der Waals surface area contributed by atoms with Crippen molar-refractivity contribution in [1.82, 2.24) is 10.2 Å². The smallest absolute Gasteiger partial charge is 0.261 e. The van der Waals surface area contributed by atoms with Gasteiger partial charge in [-0.25, -0.2) is 0 Å². The molecule has 2 aromatic rings. The van der Waals surface area contributed by atoms with E-state index in [4.69, 9.17) is 27.9 Å². The Kier molecular flexibility index (Phi) is 10.8. The molecule has 32 heavy (non-hydrogen) atoms. The van der Waals surface area contributed by atoms with Gasteiger partial charge in [0.1, 0.15) is 11.8 Å². The maximum atomic E-state index is 13.2. The number of halogens is 2. The molecule has 2 aromatic carbocycles. The molecule has 0 heterocycles. The molecule has 0 saturated heterocycles. The molecule has 0 saturated carbocycles. The van der Waals surface area contributed by atoms with Gasteiger partial charge in [0.2, 0.25) is 5.91 Å². The summed E-state index contributed by atoms with van der Waals surface area (Å²) in [6.07, 6.45) is 3.28. The Labute approximate surface area is 201 Å². The summed E-state index contributed by atoms with van der Waals surface area (Å²) in [7, 11) is 0. The lowest BCUT2D eigenvalue weighted by atomic mass is 10.1. The molecule has 0 bridgehead atoms. The molecule has 5 nitrogen and oxygen atoms in total. The molecule has 2 amide bonds. The molecule has 0 spiro atoms. The van der Waals surface area contributed by atoms with Gasteiger partial charge in [0, 0.05) is 13.1 Å². The summed E-state index contributed by atoms with van der Waals surface area (Å²) in [5, 5.41) is 3.79. The van der Waals surface area contributed by atoms with Crippen LogP contribution in [0.5, 0.6) is 5.75 Å². The van der Waals surface area contributed by atoms with Gasteiger partial charge in [0.25, 0.3) is 5.91 Å². The molecule has 1 N–H and O–H groups in total. The van der Waals surface area contributed by atoms with Gasteiger partial charge in [-0.2, -0.15) is 0 Å². The summed E-state index contributed by atoms with van der Waals surface area (Å²) in [6, 6.07) is 12.3. The number of hydrogen-bond donors (Lipinski definition) is 1. The van der Waals surface area contributed by atoms with E-state index in [-0.39, 0.29) is 25.0 Å². The van der Waals surface area contributed by atoms with Crippen molar-refractivity contribution < 1.29 is 14.3 Å². The highest BCUT2D eigenvalue weighted by atomic mass is 35.5. The summed E-state index contributed by atoms with van der Waals surface area (Å²) in [4.78, 5) is 27.6. The van der Waals surface area contributed by atoms with Crippen molar-refractivity contribution in [2.45, 2.75) is 59.0 Å². The quantitative estimate of drug-likeness (QED) is 0.400. The van der Waals surface area contributed by atoms with Crippen LogP contribution in [-0.4, -0.2) is 35.9 Å². The van der Waals surface area contributed by atoms with Crippen LogP contribution in [0.4, 0.5) is 0 Å². The average Bonchev–Trinajstić information content (AvgIpc) is 2.80. The number of rotatable bonds is 12. The fourth-order valence-electron chi connectivity index (χ4n) is 3.31. The number of amides is 2. The first-order valence-corrected chi connectivity index (χ1v) is 11.9. The van der Waals surface area contributed by atoms with Crippen LogP contribution in [0.15, 0.2) is 42.5 Å². The Balaban J connectivity index is 2.18. The second-order valence-electron chi connectivity index (χ2n) is 7.62. The van der Waals surface area contributed by atoms with E-state index in [1.165, 1.54) is 5.56 Å². The molecule has 0 unspecified atom stereocenters. The number of aryl methyl sites for hydroxylation is 1. The van der Waals surface area contributed by atoms with Crippen LogP contribution >= 0.6 is 23.2 Å². The number of carbonyl (C=O) groups excluding carboxylic acids is 2. The van der Waals surface area contributed by atoms with Crippen molar-refractivity contribution in [3.8, 4) is 5.75 Å². The van der Waals surface area contributed by atoms with Crippen LogP contribution in [-0.2, 0) is 22.6 Å². The predicted octanol–water partition coefficient (Wildman–Crippen LogP) is 5.66. The van der Waals surface area contributed by atoms with E-state index in [1.807, 2.05) is 31.2 Å². The van der Waals surface area contributed by atoms with Gasteiger partial charge in [0.05, 0.1) is 10.0 Å². The minimum Gasteiger partial charge on any atom is -0.484 e. The Morgan fingerprint density at radius 2 is 1.69 bits per heavy atom. The summed E-state index contributed by atoms with van der Waals surface area (Å²) < 4.78 is 5.73. The van der Waals surface area contributed by atoms with E-state index in [0.29, 0.717) is 28.8 Å². The first-order chi connectivity index (χ1) is 15.4. The van der Waals surface area contributed by atoms with Crippen molar-refractivity contribution in [3.05, 3.63) is 63.6 Å². The van der Waals surface area contributed by atoms with Gasteiger partial charge in [-0.1, -0.05) is 68.6 Å². The normalized spacial score (nSPS) is 11.7. The zero-order chi connectivity index (χ0) is 23.5. The molecule has 0 aliphatic heterocycles. The SMILES string of the molecule is CCCCNC(=O)[C@H](CC)N(Cc1ccc(Cl)c(Cl)c1)C(=O)COc1ccc(CC)cc1. The Bertz CT molecular complexity index is 887. The minimum atomic E-state index is -0.611. The maximum Gasteiger partial charge on any atom is 0.261 e. The molecule has 2 rings (SSSR count). The van der Waals surface area contributed by atoms with Gasteiger partial charge in [-0.3, -0.25) is 9.59 Å². The first kappa shape index (κ1) is 26.0. The van der Waals surface area contributed by atoms with Crippen LogP contribution in [0.25, 0.3) is 0 Å². The van der Waals surface area contributed by atoms with Crippen molar-refractivity contribution in [2.24, 2.45) is 0 Å². The maximum absolute atomic E-state index is 13.2. The fraction of sp³-hybridized carbons (Fsp3) is 0.440. The predicted molar refractivity (Wildman–Crippen MR) is 130 cm³/mol. The van der Waals surface area contributed by atoms with Crippen LogP contribution in [0.3, 0.4) is 0 Å². The van der Waals surface area contributed by atoms with Crippen LogP contribution < -0.4 is 10.1 Å². The molecule has 0 fully saturated rings. The number of carbonyl (C=O) groups is 2. The van der Waals surface area contributed by atoms with Crippen molar-refractivity contribution >= 4 is 35.0 Å². The zero-order valence-electron chi connectivity index (χ0n) is 19.0. The molecule has 7 heteroatoms. The highest BCUT2D eigenvalue weighted by Gasteiger charge is 2.29. The second kappa shape index (κ2) is 13.3. The minimum absolute atomic E-state index is 0.161. The first-order valence-electron chi connectivity index (χ1n) is 11.1. The molecular formula is C25H32Cl2N2O3. The van der Waals surface area contributed by atoms with E-state index in [9.17, 15) is 9.59 Å². The largest absolute Gasteiger partial charge is 0.484 e. The topological polar surface area (TPSA) is 58.6 Å². The van der Waals surface area contributed by atoms with E-state index < -0.39 is 6.04 Å². The fourth-order valence-corrected chi connectivity index (χ4v) is 3.63. The summed E-state index contributed by atoms with van der Waals surface area (Å²) >= 11 is 12.2. The molecule has 174 valence electrons. The van der Waals surface area contributed by atoms with Crippen LogP contribution in [0, 0.1) is 0 Å². The molecular weight excluding hydrogens is 447 g/mol. The van der Waals surface area contributed by atoms with Gasteiger partial charge in [0.15, 0.2) is 6.61 Å². The number of benzene rings is 2. The number of nitrogens with zero attached hydrogens (tertiary/aromatic N) is 1. The third-order valence-electron chi connectivity index (χ3n) is 5.25. The molecule has 0 aliphatic rings. The van der Waals surface area contributed by atoms with Gasteiger partial charge < -0.3 is 15.0 Å². The van der Waals surface area contributed by atoms with E-state index in [0.717, 1.165) is 24.8 Å². The number of nitrogens with one attached hydrogen (secondary N) is 1. The highest BCUT2D eigenvalue weighted by Crippen LogP contribution is 2.24. The number of hydrogen-bond acceptors (Lipinski definition) is 3. The van der Waals surface area contributed by atoms with Crippen molar-refractivity contribution in [2.75, 3.05) is 13.2 Å². The number of unbranched alkanes of at least 4 members (excludes halogenated alkanes) is 1. The Morgan fingerprint density at radius 3 is 2.28 bits per heavy atom. The summed E-state index contributed by atoms with van der Waals surface area (Å²) in [6.45, 7) is 6.69. The molecule has 0 aliphatic carbocycles. The van der Waals surface area contributed by atoms with E-state index in [2.05, 4.69) is 19.2 Å².